The molecule has 0 radical (unpaired) electrons. The Kier molecular flexibility index (Phi) is 6.23. The number of anilines is 1. The molecule has 4 nitrogen and oxygen atoms in total. The molecule has 0 spiro atoms. The first-order valence-corrected chi connectivity index (χ1v) is 10.4. The quantitative estimate of drug-likeness (QED) is 0.214. The van der Waals surface area contributed by atoms with Crippen LogP contribution >= 0.6 is 35.4 Å². The van der Waals surface area contributed by atoms with Crippen LogP contribution in [0.5, 0.6) is 11.5 Å². The Morgan fingerprint density at radius 1 is 1.03 bits per heavy atom. The van der Waals surface area contributed by atoms with E-state index in [2.05, 4.69) is 5.32 Å². The number of thiocarbonyl (C=S) groups is 1. The van der Waals surface area contributed by atoms with E-state index in [1.165, 1.54) is 23.1 Å². The van der Waals surface area contributed by atoms with Gasteiger partial charge < -0.3 is 10.1 Å². The molecule has 1 fully saturated rings. The maximum Gasteiger partial charge on any atom is 0.263 e. The second-order valence-corrected chi connectivity index (χ2v) is 7.87. The molecule has 1 N–H and O–H groups in total. The van der Waals surface area contributed by atoms with Gasteiger partial charge in [0.25, 0.3) is 5.91 Å². The van der Waals surface area contributed by atoms with E-state index in [1.807, 2.05) is 30.3 Å². The molecule has 0 bridgehead atoms. The van der Waals surface area contributed by atoms with Gasteiger partial charge in [0, 0.05) is 0 Å². The summed E-state index contributed by atoms with van der Waals surface area (Å²) in [5.74, 6) is 0.323. The Balaban J connectivity index is 1.60. The average Bonchev–Trinajstić information content (AvgIpc) is 2.75. The third kappa shape index (κ3) is 4.71. The van der Waals surface area contributed by atoms with Gasteiger partial charge in [-0.25, -0.2) is 4.39 Å². The summed E-state index contributed by atoms with van der Waals surface area (Å²) in [7, 11) is 0. The van der Waals surface area contributed by atoms with E-state index >= 15 is 0 Å². The highest BCUT2D eigenvalue weighted by Crippen LogP contribution is 2.29. The smallest absolute Gasteiger partial charge is 0.263 e. The Morgan fingerprint density at radius 2 is 1.71 bits per heavy atom. The first-order chi connectivity index (χ1) is 14.9. The second kappa shape index (κ2) is 9.06. The Bertz CT molecular complexity index is 1170. The predicted octanol–water partition coefficient (Wildman–Crippen LogP) is 6.14. The van der Waals surface area contributed by atoms with Gasteiger partial charge in [-0.3, -0.25) is 9.69 Å². The highest BCUT2D eigenvalue weighted by atomic mass is 35.5. The fourth-order valence-corrected chi connectivity index (χ4v) is 3.77. The first kappa shape index (κ1) is 21.3. The van der Waals surface area contributed by atoms with Gasteiger partial charge in [-0.05, 0) is 72.4 Å². The summed E-state index contributed by atoms with van der Waals surface area (Å²) in [6.07, 6.45) is 1.51. The van der Waals surface area contributed by atoms with Crippen LogP contribution in [0.1, 0.15) is 5.56 Å². The molecule has 1 saturated heterocycles. The zero-order valence-corrected chi connectivity index (χ0v) is 18.2. The summed E-state index contributed by atoms with van der Waals surface area (Å²) in [6, 6.07) is 20.5. The topological polar surface area (TPSA) is 41.6 Å². The Labute approximate surface area is 193 Å². The number of ether oxygens (including phenoxy) is 1. The highest BCUT2D eigenvalue weighted by molar-refractivity contribution is 7.80. The molecule has 156 valence electrons. The molecule has 4 rings (SSSR count). The molecular weight excluding hydrogens is 458 g/mol. The van der Waals surface area contributed by atoms with E-state index in [-0.39, 0.29) is 15.7 Å². The zero-order valence-electron chi connectivity index (χ0n) is 15.9. The molecule has 8 heteroatoms. The normalized spacial score (nSPS) is 17.6. The van der Waals surface area contributed by atoms with E-state index in [0.29, 0.717) is 22.7 Å². The summed E-state index contributed by atoms with van der Waals surface area (Å²) >= 11 is 17.4. The van der Waals surface area contributed by atoms with Gasteiger partial charge in [-0.15, -0.1) is 0 Å². The number of nitrogens with one attached hydrogen (secondary N) is 1. The highest BCUT2D eigenvalue weighted by Gasteiger charge is 2.34. The van der Waals surface area contributed by atoms with E-state index in [9.17, 15) is 9.18 Å². The van der Waals surface area contributed by atoms with E-state index in [4.69, 9.17) is 40.2 Å². The molecule has 3 aromatic rings. The van der Waals surface area contributed by atoms with Crippen molar-refractivity contribution in [3.05, 3.63) is 94.8 Å². The number of halogens is 3. The van der Waals surface area contributed by atoms with Crippen molar-refractivity contribution in [2.75, 3.05) is 4.90 Å². The number of rotatable bonds is 4. The lowest BCUT2D eigenvalue weighted by atomic mass is 10.1. The minimum absolute atomic E-state index is 0.00159. The van der Waals surface area contributed by atoms with Crippen LogP contribution in [0.4, 0.5) is 10.1 Å². The lowest BCUT2D eigenvalue weighted by molar-refractivity contribution is -0.114. The van der Waals surface area contributed by atoms with Gasteiger partial charge in [0.2, 0.25) is 0 Å². The number of carbonyl (C=O) groups excluding carboxylic acids is 1. The van der Waals surface area contributed by atoms with Gasteiger partial charge in [-0.2, -0.15) is 0 Å². The molecule has 31 heavy (non-hydrogen) atoms. The standard InChI is InChI=1S/C23H15Cl2FN2O2S/c24-19-11-6-14(13-20(19)26)12-18-21(25)27-23(31)28(22(18)29)15-7-9-17(10-8-15)30-16-4-2-1-3-5-16/h1-13,21H,(H,27,31). The Hall–Kier alpha value is -2.93. The minimum Gasteiger partial charge on any atom is -0.457 e. The van der Waals surface area contributed by atoms with Crippen LogP contribution in [0.15, 0.2) is 78.4 Å². The molecule has 0 aromatic heterocycles. The maximum absolute atomic E-state index is 13.8. The van der Waals surface area contributed by atoms with E-state index < -0.39 is 17.2 Å². The van der Waals surface area contributed by atoms with Crippen LogP contribution in [-0.4, -0.2) is 16.5 Å². The van der Waals surface area contributed by atoms with Crippen molar-refractivity contribution in [1.82, 2.24) is 5.32 Å². The second-order valence-electron chi connectivity index (χ2n) is 6.63. The fourth-order valence-electron chi connectivity index (χ4n) is 3.02. The molecule has 1 amide bonds. The zero-order chi connectivity index (χ0) is 22.0. The fraction of sp³-hybridized carbons (Fsp3) is 0.0435. The summed E-state index contributed by atoms with van der Waals surface area (Å²) in [5, 5.41) is 3.06. The summed E-state index contributed by atoms with van der Waals surface area (Å²) in [5.41, 5.74) is 0.369. The van der Waals surface area contributed by atoms with Gasteiger partial charge in [-0.1, -0.05) is 47.5 Å². The van der Waals surface area contributed by atoms with Gasteiger partial charge >= 0.3 is 0 Å². The Morgan fingerprint density at radius 3 is 2.39 bits per heavy atom. The minimum atomic E-state index is -0.851. The van der Waals surface area contributed by atoms with Crippen LogP contribution in [0.25, 0.3) is 6.08 Å². The summed E-state index contributed by atoms with van der Waals surface area (Å²) in [4.78, 5) is 14.5. The number of carbonyl (C=O) groups is 1. The number of benzene rings is 3. The molecular formula is C23H15Cl2FN2O2S. The van der Waals surface area contributed by atoms with E-state index in [1.54, 1.807) is 30.3 Å². The van der Waals surface area contributed by atoms with Crippen molar-refractivity contribution in [3.8, 4) is 11.5 Å². The predicted molar refractivity (Wildman–Crippen MR) is 125 cm³/mol. The molecule has 1 aliphatic rings. The number of hydrogen-bond acceptors (Lipinski definition) is 3. The maximum atomic E-state index is 13.8. The largest absolute Gasteiger partial charge is 0.457 e. The van der Waals surface area contributed by atoms with Crippen LogP contribution < -0.4 is 15.0 Å². The summed E-state index contributed by atoms with van der Waals surface area (Å²) < 4.78 is 19.6. The van der Waals surface area contributed by atoms with Gasteiger partial charge in [0.15, 0.2) is 5.11 Å². The number of hydrogen-bond donors (Lipinski definition) is 1. The van der Waals surface area contributed by atoms with Gasteiger partial charge in [0.05, 0.1) is 16.3 Å². The first-order valence-electron chi connectivity index (χ1n) is 9.21. The number of nitrogens with zero attached hydrogens (tertiary/aromatic N) is 1. The number of alkyl halides is 1. The number of amides is 1. The van der Waals surface area contributed by atoms with Crippen LogP contribution in [0.2, 0.25) is 5.02 Å². The van der Waals surface area contributed by atoms with Crippen molar-refractivity contribution < 1.29 is 13.9 Å². The number of para-hydroxylation sites is 1. The monoisotopic (exact) mass is 472 g/mol. The third-order valence-electron chi connectivity index (χ3n) is 4.52. The molecule has 1 heterocycles. The van der Waals surface area contributed by atoms with Crippen molar-refractivity contribution in [1.29, 1.82) is 0 Å². The lowest BCUT2D eigenvalue weighted by Crippen LogP contribution is -2.54. The van der Waals surface area contributed by atoms with Crippen molar-refractivity contribution in [2.24, 2.45) is 0 Å². The van der Waals surface area contributed by atoms with E-state index in [0.717, 1.165) is 0 Å². The SMILES string of the molecule is O=C1C(=Cc2ccc(Cl)c(F)c2)C(Cl)NC(=S)N1c1ccc(Oc2ccccc2)cc1. The van der Waals surface area contributed by atoms with Crippen LogP contribution in [0.3, 0.4) is 0 Å². The molecule has 1 atom stereocenters. The molecule has 1 unspecified atom stereocenters. The molecule has 3 aromatic carbocycles. The van der Waals surface area contributed by atoms with Crippen LogP contribution in [-0.2, 0) is 4.79 Å². The molecule has 0 saturated carbocycles. The van der Waals surface area contributed by atoms with Gasteiger partial charge in [0.1, 0.15) is 22.8 Å². The third-order valence-corrected chi connectivity index (χ3v) is 5.47. The van der Waals surface area contributed by atoms with Crippen molar-refractivity contribution >= 4 is 58.2 Å². The molecule has 0 aliphatic carbocycles. The summed E-state index contributed by atoms with van der Waals surface area (Å²) in [6.45, 7) is 0. The van der Waals surface area contributed by atoms with Crippen molar-refractivity contribution in [2.45, 2.75) is 5.50 Å². The lowest BCUT2D eigenvalue weighted by Gasteiger charge is -2.33. The molecule has 1 aliphatic heterocycles. The van der Waals surface area contributed by atoms with Crippen molar-refractivity contribution in [3.63, 3.8) is 0 Å². The van der Waals surface area contributed by atoms with Crippen LogP contribution in [0, 0.1) is 5.82 Å². The average molecular weight is 473 g/mol.